The lowest BCUT2D eigenvalue weighted by Crippen LogP contribution is -2.38. The summed E-state index contributed by atoms with van der Waals surface area (Å²) in [5.41, 5.74) is 0.826. The average Bonchev–Trinajstić information content (AvgIpc) is 2.51. The summed E-state index contributed by atoms with van der Waals surface area (Å²) in [6.45, 7) is 8.96. The Kier molecular flexibility index (Phi) is 6.25. The van der Waals surface area contributed by atoms with Gasteiger partial charge < -0.3 is 10.1 Å². The van der Waals surface area contributed by atoms with Gasteiger partial charge in [-0.25, -0.2) is 0 Å². The quantitative estimate of drug-likeness (QED) is 0.874. The molecule has 0 spiro atoms. The first-order valence-corrected chi connectivity index (χ1v) is 8.35. The van der Waals surface area contributed by atoms with E-state index in [9.17, 15) is 4.79 Å². The van der Waals surface area contributed by atoms with Crippen LogP contribution in [0.15, 0.2) is 24.3 Å². The first-order valence-electron chi connectivity index (χ1n) is 8.35. The molecule has 1 aliphatic heterocycles. The van der Waals surface area contributed by atoms with Gasteiger partial charge in [-0.05, 0) is 69.5 Å². The number of carbonyl (C=O) groups is 1. The van der Waals surface area contributed by atoms with Gasteiger partial charge in [0.05, 0.1) is 12.6 Å². The fourth-order valence-electron chi connectivity index (χ4n) is 2.56. The number of ether oxygens (including phenoxy) is 1. The second kappa shape index (κ2) is 8.18. The van der Waals surface area contributed by atoms with Crippen LogP contribution in [0.2, 0.25) is 0 Å². The number of benzene rings is 1. The predicted molar refractivity (Wildman–Crippen MR) is 90.3 cm³/mol. The Balaban J connectivity index is 1.79. The van der Waals surface area contributed by atoms with Crippen molar-refractivity contribution in [2.45, 2.75) is 46.1 Å². The molecule has 1 saturated heterocycles. The number of carbonyl (C=O) groups excluding carboxylic acids is 1. The van der Waals surface area contributed by atoms with Crippen LogP contribution in [0.1, 0.15) is 40.0 Å². The zero-order chi connectivity index (χ0) is 15.9. The minimum absolute atomic E-state index is 0.0603. The number of nitrogens with one attached hydrogen (secondary N) is 1. The third kappa shape index (κ3) is 5.34. The minimum atomic E-state index is 0.0603. The predicted octanol–water partition coefficient (Wildman–Crippen LogP) is 3.53. The first-order chi connectivity index (χ1) is 10.6. The zero-order valence-corrected chi connectivity index (χ0v) is 14.0. The van der Waals surface area contributed by atoms with E-state index >= 15 is 0 Å². The summed E-state index contributed by atoms with van der Waals surface area (Å²) in [4.78, 5) is 14.3. The van der Waals surface area contributed by atoms with Crippen molar-refractivity contribution in [2.24, 2.45) is 5.92 Å². The summed E-state index contributed by atoms with van der Waals surface area (Å²) in [5, 5.41) is 2.96. The van der Waals surface area contributed by atoms with Gasteiger partial charge in [0, 0.05) is 5.69 Å². The molecule has 4 nitrogen and oxygen atoms in total. The Bertz CT molecular complexity index is 464. The normalized spacial score (nSPS) is 18.0. The van der Waals surface area contributed by atoms with Crippen molar-refractivity contribution < 1.29 is 9.53 Å². The molecule has 0 bridgehead atoms. The van der Waals surface area contributed by atoms with E-state index in [0.717, 1.165) is 36.9 Å². The molecule has 0 radical (unpaired) electrons. The maximum atomic E-state index is 12.1. The summed E-state index contributed by atoms with van der Waals surface area (Å²) in [6, 6.07) is 7.61. The Morgan fingerprint density at radius 2 is 1.95 bits per heavy atom. The van der Waals surface area contributed by atoms with E-state index in [2.05, 4.69) is 31.0 Å². The molecule has 4 heteroatoms. The summed E-state index contributed by atoms with van der Waals surface area (Å²) in [7, 11) is 0. The van der Waals surface area contributed by atoms with Crippen LogP contribution in [0.3, 0.4) is 0 Å². The smallest absolute Gasteiger partial charge is 0.238 e. The average molecular weight is 304 g/mol. The van der Waals surface area contributed by atoms with Crippen LogP contribution in [-0.2, 0) is 4.79 Å². The highest BCUT2D eigenvalue weighted by molar-refractivity contribution is 5.92. The fraction of sp³-hybridized carbons (Fsp3) is 0.611. The summed E-state index contributed by atoms with van der Waals surface area (Å²) in [6.07, 6.45) is 3.57. The number of likely N-dealkylation sites (tertiary alicyclic amines) is 1. The molecule has 1 atom stereocenters. The van der Waals surface area contributed by atoms with Crippen molar-refractivity contribution in [3.05, 3.63) is 24.3 Å². The van der Waals surface area contributed by atoms with Crippen LogP contribution in [0, 0.1) is 5.92 Å². The van der Waals surface area contributed by atoms with Gasteiger partial charge in [0.2, 0.25) is 5.91 Å². The van der Waals surface area contributed by atoms with E-state index in [1.165, 1.54) is 12.8 Å². The van der Waals surface area contributed by atoms with E-state index < -0.39 is 0 Å². The molecule has 2 rings (SSSR count). The molecular formula is C18H28N2O2. The highest BCUT2D eigenvalue weighted by Gasteiger charge is 2.17. The van der Waals surface area contributed by atoms with E-state index in [1.54, 1.807) is 0 Å². The van der Waals surface area contributed by atoms with Crippen molar-refractivity contribution in [2.75, 3.05) is 25.0 Å². The van der Waals surface area contributed by atoms with Gasteiger partial charge in [-0.1, -0.05) is 13.8 Å². The highest BCUT2D eigenvalue weighted by atomic mass is 16.5. The molecule has 1 unspecified atom stereocenters. The van der Waals surface area contributed by atoms with Crippen LogP contribution in [0.5, 0.6) is 5.75 Å². The van der Waals surface area contributed by atoms with Gasteiger partial charge in [-0.3, -0.25) is 9.69 Å². The topological polar surface area (TPSA) is 41.6 Å². The van der Waals surface area contributed by atoms with Crippen LogP contribution >= 0.6 is 0 Å². The number of amides is 1. The molecule has 0 aromatic heterocycles. The molecule has 1 fully saturated rings. The molecule has 1 aliphatic rings. The standard InChI is InChI=1S/C18H28N2O2/c1-4-15(3)22-17-7-5-16(6-8-17)19-18(21)13-20-11-9-14(2)10-12-20/h5-8,14-15H,4,9-13H2,1-3H3,(H,19,21). The third-order valence-electron chi connectivity index (χ3n) is 4.29. The molecule has 122 valence electrons. The van der Waals surface area contributed by atoms with Gasteiger partial charge in [-0.15, -0.1) is 0 Å². The Labute approximate surface area is 133 Å². The maximum absolute atomic E-state index is 12.1. The first kappa shape index (κ1) is 16.8. The molecule has 22 heavy (non-hydrogen) atoms. The monoisotopic (exact) mass is 304 g/mol. The molecule has 1 aromatic rings. The van der Waals surface area contributed by atoms with E-state index in [4.69, 9.17) is 4.74 Å². The lowest BCUT2D eigenvalue weighted by Gasteiger charge is -2.29. The molecule has 1 heterocycles. The maximum Gasteiger partial charge on any atom is 0.238 e. The second-order valence-corrected chi connectivity index (χ2v) is 6.37. The molecule has 0 aliphatic carbocycles. The van der Waals surface area contributed by atoms with Crippen LogP contribution < -0.4 is 10.1 Å². The van der Waals surface area contributed by atoms with Gasteiger partial charge >= 0.3 is 0 Å². The van der Waals surface area contributed by atoms with Gasteiger partial charge in [0.25, 0.3) is 0 Å². The van der Waals surface area contributed by atoms with Gasteiger partial charge in [0.15, 0.2) is 0 Å². The van der Waals surface area contributed by atoms with Crippen molar-refractivity contribution in [3.63, 3.8) is 0 Å². The van der Waals surface area contributed by atoms with Gasteiger partial charge in [0.1, 0.15) is 5.75 Å². The summed E-state index contributed by atoms with van der Waals surface area (Å²) < 4.78 is 5.73. The van der Waals surface area contributed by atoms with Crippen LogP contribution in [0.25, 0.3) is 0 Å². The third-order valence-corrected chi connectivity index (χ3v) is 4.29. The SMILES string of the molecule is CCC(C)Oc1ccc(NC(=O)CN2CCC(C)CC2)cc1. The number of piperidine rings is 1. The van der Waals surface area contributed by atoms with Crippen molar-refractivity contribution in [1.29, 1.82) is 0 Å². The molecule has 0 saturated carbocycles. The summed E-state index contributed by atoms with van der Waals surface area (Å²) in [5.74, 6) is 1.69. The lowest BCUT2D eigenvalue weighted by molar-refractivity contribution is -0.117. The van der Waals surface area contributed by atoms with Crippen LogP contribution in [-0.4, -0.2) is 36.5 Å². The van der Waals surface area contributed by atoms with E-state index in [0.29, 0.717) is 6.54 Å². The summed E-state index contributed by atoms with van der Waals surface area (Å²) >= 11 is 0. The minimum Gasteiger partial charge on any atom is -0.491 e. The Morgan fingerprint density at radius 1 is 1.32 bits per heavy atom. The molecule has 1 aromatic carbocycles. The largest absolute Gasteiger partial charge is 0.491 e. The number of rotatable bonds is 6. The van der Waals surface area contributed by atoms with Crippen LogP contribution in [0.4, 0.5) is 5.69 Å². The molecule has 1 amide bonds. The molecular weight excluding hydrogens is 276 g/mol. The Morgan fingerprint density at radius 3 is 2.55 bits per heavy atom. The second-order valence-electron chi connectivity index (χ2n) is 6.37. The lowest BCUT2D eigenvalue weighted by atomic mass is 9.99. The highest BCUT2D eigenvalue weighted by Crippen LogP contribution is 2.18. The number of hydrogen-bond acceptors (Lipinski definition) is 3. The van der Waals surface area contributed by atoms with Crippen molar-refractivity contribution >= 4 is 11.6 Å². The zero-order valence-electron chi connectivity index (χ0n) is 14.0. The fourth-order valence-corrected chi connectivity index (χ4v) is 2.56. The molecule has 1 N–H and O–H groups in total. The van der Waals surface area contributed by atoms with Gasteiger partial charge in [-0.2, -0.15) is 0 Å². The van der Waals surface area contributed by atoms with Crippen molar-refractivity contribution in [1.82, 2.24) is 4.90 Å². The number of nitrogens with zero attached hydrogens (tertiary/aromatic N) is 1. The van der Waals surface area contributed by atoms with Crippen molar-refractivity contribution in [3.8, 4) is 5.75 Å². The van der Waals surface area contributed by atoms with E-state index in [-0.39, 0.29) is 12.0 Å². The Hall–Kier alpha value is -1.55. The van der Waals surface area contributed by atoms with E-state index in [1.807, 2.05) is 24.3 Å². The number of hydrogen-bond donors (Lipinski definition) is 1. The number of anilines is 1.